The number of aliphatic hydroxyl groups excluding tert-OH is 8. The van der Waals surface area contributed by atoms with Gasteiger partial charge < -0.3 is 88.6 Å². The molecular formula is C34H42O19. The summed E-state index contributed by atoms with van der Waals surface area (Å²) in [5, 5.41) is 105. The van der Waals surface area contributed by atoms with Crippen LogP contribution in [0.25, 0.3) is 22.3 Å². The molecule has 15 atom stereocenters. The van der Waals surface area contributed by atoms with Crippen molar-refractivity contribution < 1.29 is 88.6 Å². The number of aromatic hydroxyl groups is 2. The maximum Gasteiger partial charge on any atom is 0.239 e. The molecule has 2 aromatic carbocycles. The highest BCUT2D eigenvalue weighted by Gasteiger charge is 2.51. The van der Waals surface area contributed by atoms with Gasteiger partial charge in [-0.3, -0.25) is 4.79 Å². The van der Waals surface area contributed by atoms with E-state index in [1.165, 1.54) is 57.4 Å². The molecule has 0 amide bonds. The number of aliphatic hydroxyl groups is 8. The molecule has 19 heteroatoms. The monoisotopic (exact) mass is 754 g/mol. The summed E-state index contributed by atoms with van der Waals surface area (Å²) in [6, 6.07) is 7.93. The van der Waals surface area contributed by atoms with Gasteiger partial charge in [0.25, 0.3) is 0 Å². The van der Waals surface area contributed by atoms with E-state index in [-0.39, 0.29) is 33.8 Å². The van der Waals surface area contributed by atoms with Gasteiger partial charge in [0.15, 0.2) is 18.3 Å². The summed E-state index contributed by atoms with van der Waals surface area (Å²) in [4.78, 5) is 13.8. The molecule has 292 valence electrons. The molecule has 6 rings (SSSR count). The number of methoxy groups -OCH3 is 1. The van der Waals surface area contributed by atoms with Crippen LogP contribution < -0.4 is 14.9 Å². The van der Waals surface area contributed by atoms with Gasteiger partial charge in [-0.05, 0) is 38.1 Å². The van der Waals surface area contributed by atoms with Crippen molar-refractivity contribution in [3.05, 3.63) is 46.6 Å². The molecule has 0 bridgehead atoms. The van der Waals surface area contributed by atoms with E-state index in [1.807, 2.05) is 0 Å². The van der Waals surface area contributed by atoms with Crippen molar-refractivity contribution in [2.45, 2.75) is 106 Å². The Morgan fingerprint density at radius 1 is 0.698 bits per heavy atom. The van der Waals surface area contributed by atoms with Crippen LogP contribution in [0.1, 0.15) is 13.8 Å². The lowest BCUT2D eigenvalue weighted by Crippen LogP contribution is -2.63. The summed E-state index contributed by atoms with van der Waals surface area (Å²) in [7, 11) is 1.34. The third-order valence-electron chi connectivity index (χ3n) is 9.48. The smallest absolute Gasteiger partial charge is 0.239 e. The fraction of sp³-hybridized carbons (Fsp3) is 0.559. The molecule has 3 aromatic rings. The minimum atomic E-state index is -1.95. The SMILES string of the molecule is COc1cc(O)c2c(=O)c(O[C@@H]3O[C@H](CO[C@@H]4O[C@@H](C)[C@H](O[C@@H]5O[C@@H](C)[C@H](O)[C@@H](O)[C@H]5O)[C@@H](O)[C@H]4O)[C@H](O)[C@H](O)[C@H]3O)c(-c3ccc(O)cc3)oc2c1. The van der Waals surface area contributed by atoms with Crippen LogP contribution in [0.3, 0.4) is 0 Å². The van der Waals surface area contributed by atoms with E-state index >= 15 is 0 Å². The topological polar surface area (TPSA) is 297 Å². The predicted molar refractivity (Wildman–Crippen MR) is 175 cm³/mol. The third-order valence-corrected chi connectivity index (χ3v) is 9.48. The Kier molecular flexibility index (Phi) is 11.5. The van der Waals surface area contributed by atoms with Crippen LogP contribution in [0.4, 0.5) is 0 Å². The van der Waals surface area contributed by atoms with Crippen LogP contribution in [0.5, 0.6) is 23.0 Å². The van der Waals surface area contributed by atoms with E-state index < -0.39 is 116 Å². The molecular weight excluding hydrogens is 712 g/mol. The standard InChI is InChI=1S/C34H42O19/c1-11-20(37)23(40)26(43)33(48-11)52-29-12(2)49-32(28(45)25(29)42)47-10-18-21(38)24(41)27(44)34(51-18)53-31-22(39)19-16(36)8-15(46-3)9-17(19)50-30(31)13-4-6-14(35)7-5-13/h4-9,11-12,18,20-21,23-29,32-38,40-45H,10H2,1-3H3/t11-,12-,18+,20-,21-,23+,24-,25-,26+,27+,28+,29-,32+,33-,34-/m0/s1. The normalized spacial score (nSPS) is 37.8. The average Bonchev–Trinajstić information content (AvgIpc) is 3.13. The Hall–Kier alpha value is -3.67. The van der Waals surface area contributed by atoms with E-state index in [9.17, 15) is 55.9 Å². The molecule has 3 aliphatic rings. The molecule has 3 saturated heterocycles. The number of fused-ring (bicyclic) bond motifs is 1. The number of benzene rings is 2. The molecule has 0 radical (unpaired) electrons. The van der Waals surface area contributed by atoms with Crippen LogP contribution in [-0.2, 0) is 23.7 Å². The van der Waals surface area contributed by atoms with Gasteiger partial charge in [-0.2, -0.15) is 0 Å². The quantitative estimate of drug-likeness (QED) is 0.110. The summed E-state index contributed by atoms with van der Waals surface area (Å²) in [5.41, 5.74) is -0.794. The largest absolute Gasteiger partial charge is 0.508 e. The highest BCUT2D eigenvalue weighted by atomic mass is 16.7. The van der Waals surface area contributed by atoms with Gasteiger partial charge in [0.1, 0.15) is 89.3 Å². The molecule has 4 heterocycles. The van der Waals surface area contributed by atoms with Gasteiger partial charge in [0.2, 0.25) is 17.5 Å². The number of hydrogen-bond acceptors (Lipinski definition) is 19. The van der Waals surface area contributed by atoms with Crippen LogP contribution in [-0.4, -0.2) is 157 Å². The van der Waals surface area contributed by atoms with Crippen LogP contribution in [0, 0.1) is 0 Å². The minimum absolute atomic E-state index is 0.0994. The molecule has 0 spiro atoms. The molecule has 0 aliphatic carbocycles. The van der Waals surface area contributed by atoms with E-state index in [0.29, 0.717) is 0 Å². The third kappa shape index (κ3) is 7.54. The first-order valence-electron chi connectivity index (χ1n) is 16.6. The van der Waals surface area contributed by atoms with Crippen molar-refractivity contribution >= 4 is 11.0 Å². The lowest BCUT2D eigenvalue weighted by Gasteiger charge is -2.46. The summed E-state index contributed by atoms with van der Waals surface area (Å²) < 4.78 is 45.1. The van der Waals surface area contributed by atoms with Gasteiger partial charge in [0.05, 0.1) is 25.9 Å². The zero-order chi connectivity index (χ0) is 38.5. The van der Waals surface area contributed by atoms with Crippen LogP contribution >= 0.6 is 0 Å². The Balaban J connectivity index is 1.19. The average molecular weight is 755 g/mol. The van der Waals surface area contributed by atoms with E-state index in [1.54, 1.807) is 0 Å². The predicted octanol–water partition coefficient (Wildman–Crippen LogP) is -2.24. The van der Waals surface area contributed by atoms with Gasteiger partial charge in [-0.25, -0.2) is 0 Å². The zero-order valence-electron chi connectivity index (χ0n) is 28.5. The second-order valence-corrected chi connectivity index (χ2v) is 13.1. The van der Waals surface area contributed by atoms with Crippen molar-refractivity contribution in [1.29, 1.82) is 0 Å². The lowest BCUT2D eigenvalue weighted by molar-refractivity contribution is -0.357. The molecule has 10 N–H and O–H groups in total. The first-order valence-corrected chi connectivity index (χ1v) is 16.6. The number of phenols is 2. The number of phenolic OH excluding ortho intramolecular Hbond substituents is 2. The zero-order valence-corrected chi connectivity index (χ0v) is 28.5. The molecule has 19 nitrogen and oxygen atoms in total. The molecule has 0 unspecified atom stereocenters. The molecule has 3 fully saturated rings. The van der Waals surface area contributed by atoms with Crippen molar-refractivity contribution in [1.82, 2.24) is 0 Å². The van der Waals surface area contributed by atoms with Crippen LogP contribution in [0.2, 0.25) is 0 Å². The summed E-state index contributed by atoms with van der Waals surface area (Å²) >= 11 is 0. The minimum Gasteiger partial charge on any atom is -0.508 e. The van der Waals surface area contributed by atoms with Gasteiger partial charge in [0, 0.05) is 17.7 Å². The first kappa shape index (κ1) is 39.0. The van der Waals surface area contributed by atoms with E-state index in [2.05, 4.69) is 0 Å². The fourth-order valence-corrected chi connectivity index (χ4v) is 6.36. The molecule has 53 heavy (non-hydrogen) atoms. The van der Waals surface area contributed by atoms with Gasteiger partial charge >= 0.3 is 0 Å². The number of rotatable bonds is 9. The van der Waals surface area contributed by atoms with Crippen LogP contribution in [0.15, 0.2) is 45.6 Å². The molecule has 1 aromatic heterocycles. The highest BCUT2D eigenvalue weighted by molar-refractivity contribution is 5.88. The fourth-order valence-electron chi connectivity index (χ4n) is 6.36. The first-order chi connectivity index (χ1) is 25.1. The van der Waals surface area contributed by atoms with Gasteiger partial charge in [-0.15, -0.1) is 0 Å². The Bertz CT molecular complexity index is 1780. The van der Waals surface area contributed by atoms with Crippen molar-refractivity contribution in [3.8, 4) is 34.3 Å². The Morgan fingerprint density at radius 2 is 1.32 bits per heavy atom. The van der Waals surface area contributed by atoms with Gasteiger partial charge in [-0.1, -0.05) is 0 Å². The summed E-state index contributed by atoms with van der Waals surface area (Å²) in [6.45, 7) is 2.25. The Morgan fingerprint density at radius 3 is 2.00 bits per heavy atom. The maximum absolute atomic E-state index is 13.8. The van der Waals surface area contributed by atoms with Crippen molar-refractivity contribution in [2.24, 2.45) is 0 Å². The van der Waals surface area contributed by atoms with E-state index in [4.69, 9.17) is 37.6 Å². The highest BCUT2D eigenvalue weighted by Crippen LogP contribution is 2.38. The number of hydrogen-bond donors (Lipinski definition) is 10. The summed E-state index contributed by atoms with van der Waals surface area (Å²) in [5.74, 6) is -1.25. The lowest BCUT2D eigenvalue weighted by atomic mass is 9.97. The van der Waals surface area contributed by atoms with Crippen molar-refractivity contribution in [2.75, 3.05) is 13.7 Å². The van der Waals surface area contributed by atoms with E-state index in [0.717, 1.165) is 0 Å². The second kappa shape index (κ2) is 15.6. The molecule has 3 aliphatic heterocycles. The summed E-state index contributed by atoms with van der Waals surface area (Å²) in [6.07, 6.45) is -23.6. The molecule has 0 saturated carbocycles. The number of ether oxygens (including phenoxy) is 7. The second-order valence-electron chi connectivity index (χ2n) is 13.1. The Labute approximate surface area is 300 Å². The maximum atomic E-state index is 13.8. The van der Waals surface area contributed by atoms with Crippen molar-refractivity contribution in [3.63, 3.8) is 0 Å².